The van der Waals surface area contributed by atoms with Gasteiger partial charge in [0.15, 0.2) is 6.29 Å². The summed E-state index contributed by atoms with van der Waals surface area (Å²) in [5.41, 5.74) is 5.46. The molecule has 10 heavy (non-hydrogen) atoms. The lowest BCUT2D eigenvalue weighted by Crippen LogP contribution is -1.94. The Balaban J connectivity index is 3.21. The third-order valence-corrected chi connectivity index (χ3v) is 1.33. The molecule has 1 aromatic rings. The molecule has 3 nitrogen and oxygen atoms in total. The number of hydrogen-bond acceptors (Lipinski definition) is 3. The second-order valence-electron chi connectivity index (χ2n) is 1.72. The Hall–Kier alpha value is -1.09. The summed E-state index contributed by atoms with van der Waals surface area (Å²) in [6.07, 6.45) is 0.568. The van der Waals surface area contributed by atoms with Gasteiger partial charge in [0.1, 0.15) is 11.5 Å². The van der Waals surface area contributed by atoms with Gasteiger partial charge in [-0.1, -0.05) is 11.6 Å². The number of rotatable bonds is 1. The number of nitrogens with zero attached hydrogens (tertiary/aromatic N) is 1. The van der Waals surface area contributed by atoms with Crippen LogP contribution in [0.1, 0.15) is 10.5 Å². The van der Waals surface area contributed by atoms with Gasteiger partial charge in [-0.25, -0.2) is 4.98 Å². The smallest absolute Gasteiger partial charge is 0.170 e. The van der Waals surface area contributed by atoms with E-state index in [-0.39, 0.29) is 5.69 Å². The summed E-state index contributed by atoms with van der Waals surface area (Å²) >= 11 is 5.55. The molecule has 52 valence electrons. The molecule has 1 rings (SSSR count). The summed E-state index contributed by atoms with van der Waals surface area (Å²) in [7, 11) is 0. The number of aromatic nitrogens is 1. The fourth-order valence-electron chi connectivity index (χ4n) is 0.556. The largest absolute Gasteiger partial charge is 0.384 e. The zero-order valence-electron chi connectivity index (χ0n) is 5.04. The number of aldehydes is 1. The maximum atomic E-state index is 10.2. The Bertz CT molecular complexity index is 262. The van der Waals surface area contributed by atoms with Crippen LogP contribution in [0.25, 0.3) is 0 Å². The molecule has 0 fully saturated rings. The van der Waals surface area contributed by atoms with Gasteiger partial charge in [-0.2, -0.15) is 0 Å². The Morgan fingerprint density at radius 2 is 2.30 bits per heavy atom. The fourth-order valence-corrected chi connectivity index (χ4v) is 0.706. The van der Waals surface area contributed by atoms with Gasteiger partial charge in [-0.3, -0.25) is 4.79 Å². The van der Waals surface area contributed by atoms with E-state index in [0.717, 1.165) is 0 Å². The van der Waals surface area contributed by atoms with Crippen molar-refractivity contribution in [3.8, 4) is 0 Å². The van der Waals surface area contributed by atoms with Crippen LogP contribution in [0.2, 0.25) is 5.02 Å². The van der Waals surface area contributed by atoms with E-state index in [1.54, 1.807) is 0 Å². The third-order valence-electron chi connectivity index (χ3n) is 1.01. The maximum Gasteiger partial charge on any atom is 0.170 e. The molecule has 0 aliphatic carbocycles. The lowest BCUT2D eigenvalue weighted by atomic mass is 10.4. The first-order chi connectivity index (χ1) is 4.74. The zero-order chi connectivity index (χ0) is 7.56. The van der Waals surface area contributed by atoms with Gasteiger partial charge in [0.25, 0.3) is 0 Å². The first-order valence-corrected chi connectivity index (χ1v) is 2.99. The summed E-state index contributed by atoms with van der Waals surface area (Å²) in [6.45, 7) is 0. The highest BCUT2D eigenvalue weighted by Crippen LogP contribution is 2.12. The molecule has 0 saturated heterocycles. The third kappa shape index (κ3) is 1.25. The molecule has 1 heterocycles. The molecule has 1 aromatic heterocycles. The SMILES string of the molecule is Nc1ccc(Cl)c(C=O)n1. The number of carbonyl (C=O) groups is 1. The molecule has 0 spiro atoms. The highest BCUT2D eigenvalue weighted by molar-refractivity contribution is 6.32. The van der Waals surface area contributed by atoms with Gasteiger partial charge in [-0.05, 0) is 12.1 Å². The van der Waals surface area contributed by atoms with E-state index < -0.39 is 0 Å². The second kappa shape index (κ2) is 2.66. The minimum Gasteiger partial charge on any atom is -0.384 e. The van der Waals surface area contributed by atoms with E-state index >= 15 is 0 Å². The van der Waals surface area contributed by atoms with Crippen molar-refractivity contribution in [1.29, 1.82) is 0 Å². The van der Waals surface area contributed by atoms with E-state index in [0.29, 0.717) is 17.1 Å². The number of carbonyl (C=O) groups excluding carboxylic acids is 1. The van der Waals surface area contributed by atoms with E-state index in [1.807, 2.05) is 0 Å². The summed E-state index contributed by atoms with van der Waals surface area (Å²) in [4.78, 5) is 13.8. The fraction of sp³-hybridized carbons (Fsp3) is 0. The summed E-state index contributed by atoms with van der Waals surface area (Å²) < 4.78 is 0. The average Bonchev–Trinajstić information content (AvgIpc) is 1.94. The van der Waals surface area contributed by atoms with Gasteiger partial charge in [-0.15, -0.1) is 0 Å². The van der Waals surface area contributed by atoms with Crippen molar-refractivity contribution in [2.45, 2.75) is 0 Å². The summed E-state index contributed by atoms with van der Waals surface area (Å²) in [5, 5.41) is 0.323. The predicted octanol–water partition coefficient (Wildman–Crippen LogP) is 1.13. The molecule has 0 amide bonds. The Labute approximate surface area is 62.8 Å². The normalized spacial score (nSPS) is 9.30. The number of hydrogen-bond donors (Lipinski definition) is 1. The van der Waals surface area contributed by atoms with Gasteiger partial charge >= 0.3 is 0 Å². The quantitative estimate of drug-likeness (QED) is 0.621. The van der Waals surface area contributed by atoms with Gasteiger partial charge in [0.2, 0.25) is 0 Å². The predicted molar refractivity (Wildman–Crippen MR) is 39.0 cm³/mol. The van der Waals surface area contributed by atoms with E-state index in [1.165, 1.54) is 12.1 Å². The number of nitrogens with two attached hydrogens (primary N) is 1. The zero-order valence-corrected chi connectivity index (χ0v) is 5.80. The van der Waals surface area contributed by atoms with Crippen LogP contribution in [0, 0.1) is 0 Å². The number of anilines is 1. The minimum atomic E-state index is 0.182. The van der Waals surface area contributed by atoms with Crippen molar-refractivity contribution in [2.75, 3.05) is 5.73 Å². The van der Waals surface area contributed by atoms with Crippen LogP contribution in [-0.4, -0.2) is 11.3 Å². The number of pyridine rings is 1. The Kier molecular flexibility index (Phi) is 1.87. The molecule has 0 radical (unpaired) electrons. The van der Waals surface area contributed by atoms with Crippen LogP contribution < -0.4 is 5.73 Å². The van der Waals surface area contributed by atoms with Crippen LogP contribution >= 0.6 is 11.6 Å². The van der Waals surface area contributed by atoms with Crippen molar-refractivity contribution in [2.24, 2.45) is 0 Å². The highest BCUT2D eigenvalue weighted by Gasteiger charge is 1.98. The summed E-state index contributed by atoms with van der Waals surface area (Å²) in [5.74, 6) is 0.298. The standard InChI is InChI=1S/C6H5ClN2O/c7-4-1-2-6(8)9-5(4)3-10/h1-3H,(H2,8,9). The first-order valence-electron chi connectivity index (χ1n) is 2.61. The lowest BCUT2D eigenvalue weighted by molar-refractivity contribution is 0.111. The van der Waals surface area contributed by atoms with Gasteiger partial charge in [0.05, 0.1) is 5.02 Å². The topological polar surface area (TPSA) is 56.0 Å². The van der Waals surface area contributed by atoms with E-state index in [9.17, 15) is 4.79 Å². The Morgan fingerprint density at radius 3 is 2.80 bits per heavy atom. The van der Waals surface area contributed by atoms with Gasteiger partial charge in [0, 0.05) is 0 Å². The molecule has 2 N–H and O–H groups in total. The molecule has 0 aliphatic heterocycles. The number of halogens is 1. The van der Waals surface area contributed by atoms with Crippen LogP contribution in [0.4, 0.5) is 5.82 Å². The van der Waals surface area contributed by atoms with E-state index in [2.05, 4.69) is 4.98 Å². The summed E-state index contributed by atoms with van der Waals surface area (Å²) in [6, 6.07) is 3.07. The lowest BCUT2D eigenvalue weighted by Gasteiger charge is -1.94. The van der Waals surface area contributed by atoms with Crippen molar-refractivity contribution < 1.29 is 4.79 Å². The van der Waals surface area contributed by atoms with Gasteiger partial charge < -0.3 is 5.73 Å². The van der Waals surface area contributed by atoms with Crippen LogP contribution in [0.3, 0.4) is 0 Å². The molecule has 4 heteroatoms. The van der Waals surface area contributed by atoms with Crippen molar-refractivity contribution >= 4 is 23.7 Å². The van der Waals surface area contributed by atoms with Crippen LogP contribution in [0.15, 0.2) is 12.1 Å². The van der Waals surface area contributed by atoms with Crippen LogP contribution in [0.5, 0.6) is 0 Å². The molecular weight excluding hydrogens is 152 g/mol. The monoisotopic (exact) mass is 156 g/mol. The molecule has 0 aromatic carbocycles. The average molecular weight is 157 g/mol. The Morgan fingerprint density at radius 1 is 1.60 bits per heavy atom. The number of nitrogen functional groups attached to an aromatic ring is 1. The molecule has 0 aliphatic rings. The molecule has 0 bridgehead atoms. The maximum absolute atomic E-state index is 10.2. The van der Waals surface area contributed by atoms with Crippen LogP contribution in [-0.2, 0) is 0 Å². The molecule has 0 unspecified atom stereocenters. The first kappa shape index (κ1) is 7.02. The van der Waals surface area contributed by atoms with E-state index in [4.69, 9.17) is 17.3 Å². The van der Waals surface area contributed by atoms with Crippen molar-refractivity contribution in [3.63, 3.8) is 0 Å². The van der Waals surface area contributed by atoms with Crippen molar-refractivity contribution in [3.05, 3.63) is 22.8 Å². The molecule has 0 saturated carbocycles. The highest BCUT2D eigenvalue weighted by atomic mass is 35.5. The van der Waals surface area contributed by atoms with Crippen molar-refractivity contribution in [1.82, 2.24) is 4.98 Å². The minimum absolute atomic E-state index is 0.182. The molecular formula is C6H5ClN2O. The molecule has 0 atom stereocenters. The second-order valence-corrected chi connectivity index (χ2v) is 2.13.